The first-order valence-electron chi connectivity index (χ1n) is 11.6. The van der Waals surface area contributed by atoms with Gasteiger partial charge in [-0.25, -0.2) is 4.57 Å². The number of hydrogen-bond donors (Lipinski definition) is 12. The first-order chi connectivity index (χ1) is 17.2. The molecule has 0 aromatic rings. The van der Waals surface area contributed by atoms with Crippen molar-refractivity contribution in [3.63, 3.8) is 0 Å². The summed E-state index contributed by atoms with van der Waals surface area (Å²) in [5, 5.41) is 51.1. The second-order valence-corrected chi connectivity index (χ2v) is 10.6. The van der Waals surface area contributed by atoms with Crippen LogP contribution < -0.4 is 28.7 Å². The lowest BCUT2D eigenvalue weighted by Gasteiger charge is -2.48. The largest absolute Gasteiger partial charge is 0.470 e. The van der Waals surface area contributed by atoms with E-state index in [0.29, 0.717) is 0 Å². The van der Waals surface area contributed by atoms with Crippen molar-refractivity contribution in [2.24, 2.45) is 28.7 Å². The summed E-state index contributed by atoms with van der Waals surface area (Å²) >= 11 is 0. The zero-order valence-corrected chi connectivity index (χ0v) is 20.6. The average molecular weight is 563 g/mol. The van der Waals surface area contributed by atoms with Crippen LogP contribution in [0, 0.1) is 0 Å². The molecule has 0 spiro atoms. The van der Waals surface area contributed by atoms with Crippen molar-refractivity contribution in [2.45, 2.75) is 98.1 Å². The maximum atomic E-state index is 11.5. The minimum Gasteiger partial charge on any atom is -0.394 e. The first-order valence-corrected chi connectivity index (χ1v) is 13.1. The molecule has 0 radical (unpaired) electrons. The zero-order chi connectivity index (χ0) is 27.8. The summed E-state index contributed by atoms with van der Waals surface area (Å²) in [5.74, 6) is 0. The molecule has 1 aliphatic carbocycles. The molecule has 0 bridgehead atoms. The Labute approximate surface area is 211 Å². The molecule has 3 fully saturated rings. The smallest absolute Gasteiger partial charge is 0.394 e. The number of phosphoric ester groups is 1. The van der Waals surface area contributed by atoms with Crippen molar-refractivity contribution in [3.05, 3.63) is 0 Å². The Morgan fingerprint density at radius 1 is 0.757 bits per heavy atom. The Morgan fingerprint density at radius 3 is 1.81 bits per heavy atom. The molecular weight excluding hydrogens is 525 g/mol. The van der Waals surface area contributed by atoms with Gasteiger partial charge < -0.3 is 82.9 Å². The van der Waals surface area contributed by atoms with Crippen molar-refractivity contribution >= 4 is 7.82 Å². The minimum absolute atomic E-state index is 0.00862. The number of phosphoric acid groups is 1. The summed E-state index contributed by atoms with van der Waals surface area (Å²) in [6.45, 7) is -0.889. The standard InChI is InChI=1S/C18H38N5O13P/c19-2-6-11(26)12(27)9(23)17(32-6)34-14-4(20)1-5(21)15(13(14)28)35-18-16(36-37(29,30)31)8(22)10(25)7(3-24)33-18/h4-18,24-28H,1-3,19-23H2,(H2,29,30,31)/t4-,5+,6+,7+,8-,9+,10+,11+,12+,13-,14+,15-,16+,17+,18+/m0/s1. The Morgan fingerprint density at radius 2 is 1.30 bits per heavy atom. The van der Waals surface area contributed by atoms with Crippen molar-refractivity contribution in [1.29, 1.82) is 0 Å². The van der Waals surface area contributed by atoms with Crippen LogP contribution in [0.5, 0.6) is 0 Å². The molecule has 3 rings (SSSR count). The van der Waals surface area contributed by atoms with Gasteiger partial charge in [0.05, 0.1) is 18.7 Å². The summed E-state index contributed by atoms with van der Waals surface area (Å²) in [5.41, 5.74) is 29.7. The van der Waals surface area contributed by atoms with E-state index in [1.807, 2.05) is 0 Å². The monoisotopic (exact) mass is 563 g/mol. The van der Waals surface area contributed by atoms with Gasteiger partial charge in [0, 0.05) is 18.6 Å². The number of aliphatic hydroxyl groups is 5. The molecule has 2 heterocycles. The molecular formula is C18H38N5O13P. The van der Waals surface area contributed by atoms with E-state index >= 15 is 0 Å². The highest BCUT2D eigenvalue weighted by Crippen LogP contribution is 2.42. The maximum Gasteiger partial charge on any atom is 0.470 e. The van der Waals surface area contributed by atoms with Crippen LogP contribution in [0.15, 0.2) is 0 Å². The van der Waals surface area contributed by atoms with Crippen molar-refractivity contribution < 1.29 is 63.4 Å². The van der Waals surface area contributed by atoms with Crippen molar-refractivity contribution in [3.8, 4) is 0 Å². The van der Waals surface area contributed by atoms with Gasteiger partial charge in [-0.3, -0.25) is 4.52 Å². The third kappa shape index (κ3) is 6.83. The molecule has 2 aliphatic heterocycles. The number of ether oxygens (including phenoxy) is 4. The van der Waals surface area contributed by atoms with Crippen LogP contribution in [-0.2, 0) is 28.0 Å². The summed E-state index contributed by atoms with van der Waals surface area (Å²) in [7, 11) is -5.16. The number of nitrogens with two attached hydrogens (primary N) is 5. The molecule has 37 heavy (non-hydrogen) atoms. The molecule has 0 unspecified atom stereocenters. The molecule has 3 aliphatic rings. The summed E-state index contributed by atoms with van der Waals surface area (Å²) in [4.78, 5) is 18.6. The maximum absolute atomic E-state index is 11.5. The lowest BCUT2D eigenvalue weighted by Crippen LogP contribution is -2.69. The quantitative estimate of drug-likeness (QED) is 0.122. The van der Waals surface area contributed by atoms with E-state index in [0.717, 1.165) is 0 Å². The van der Waals surface area contributed by atoms with Gasteiger partial charge in [-0.05, 0) is 6.42 Å². The van der Waals surface area contributed by atoms with E-state index in [1.54, 1.807) is 0 Å². The lowest BCUT2D eigenvalue weighted by atomic mass is 9.84. The van der Waals surface area contributed by atoms with Crippen LogP contribution in [0.4, 0.5) is 0 Å². The van der Waals surface area contributed by atoms with Gasteiger partial charge in [-0.2, -0.15) is 0 Å². The van der Waals surface area contributed by atoms with E-state index in [2.05, 4.69) is 4.52 Å². The Balaban J connectivity index is 1.80. The fourth-order valence-electron chi connectivity index (χ4n) is 4.71. The summed E-state index contributed by atoms with van der Waals surface area (Å²) < 4.78 is 38.7. The molecule has 0 aromatic heterocycles. The predicted molar refractivity (Wildman–Crippen MR) is 121 cm³/mol. The molecule has 0 aromatic carbocycles. The number of rotatable bonds is 8. The minimum atomic E-state index is -5.16. The Bertz CT molecular complexity index is 797. The molecule has 218 valence electrons. The summed E-state index contributed by atoms with van der Waals surface area (Å²) in [6.07, 6.45) is -15.7. The van der Waals surface area contributed by atoms with E-state index < -0.39 is 106 Å². The second kappa shape index (κ2) is 12.4. The number of aliphatic hydroxyl groups excluding tert-OH is 5. The van der Waals surface area contributed by atoms with Gasteiger partial charge in [0.15, 0.2) is 12.6 Å². The molecule has 18 nitrogen and oxygen atoms in total. The lowest BCUT2D eigenvalue weighted by molar-refractivity contribution is -0.317. The van der Waals surface area contributed by atoms with Gasteiger partial charge in [0.2, 0.25) is 0 Å². The van der Waals surface area contributed by atoms with Gasteiger partial charge in [-0.1, -0.05) is 0 Å². The summed E-state index contributed by atoms with van der Waals surface area (Å²) in [6, 6.07) is -4.54. The van der Waals surface area contributed by atoms with E-state index in [-0.39, 0.29) is 13.0 Å². The van der Waals surface area contributed by atoms with Crippen LogP contribution >= 0.6 is 7.82 Å². The number of hydrogen-bond acceptors (Lipinski definition) is 16. The zero-order valence-electron chi connectivity index (χ0n) is 19.7. The van der Waals surface area contributed by atoms with Crippen LogP contribution in [-0.4, -0.2) is 140 Å². The fourth-order valence-corrected chi connectivity index (χ4v) is 5.27. The van der Waals surface area contributed by atoms with Crippen LogP contribution in [0.1, 0.15) is 6.42 Å². The van der Waals surface area contributed by atoms with Gasteiger partial charge in [0.25, 0.3) is 0 Å². The van der Waals surface area contributed by atoms with Crippen LogP contribution in [0.2, 0.25) is 0 Å². The normalized spacial score (nSPS) is 49.7. The highest BCUT2D eigenvalue weighted by Gasteiger charge is 2.52. The third-order valence-corrected chi connectivity index (χ3v) is 7.31. The highest BCUT2D eigenvalue weighted by molar-refractivity contribution is 7.46. The van der Waals surface area contributed by atoms with Crippen LogP contribution in [0.3, 0.4) is 0 Å². The van der Waals surface area contributed by atoms with Crippen molar-refractivity contribution in [2.75, 3.05) is 13.2 Å². The Hall–Kier alpha value is -0.450. The molecule has 2 saturated heterocycles. The Kier molecular flexibility index (Phi) is 10.4. The van der Waals surface area contributed by atoms with E-state index in [4.69, 9.17) is 47.6 Å². The molecule has 1 saturated carbocycles. The third-order valence-electron chi connectivity index (χ3n) is 6.80. The van der Waals surface area contributed by atoms with Gasteiger partial charge in [0.1, 0.15) is 54.9 Å². The van der Waals surface area contributed by atoms with E-state index in [9.17, 15) is 39.9 Å². The average Bonchev–Trinajstić information content (AvgIpc) is 2.82. The molecule has 17 N–H and O–H groups in total. The predicted octanol–water partition coefficient (Wildman–Crippen LogP) is -7.21. The second-order valence-electron chi connectivity index (χ2n) is 9.45. The first kappa shape index (κ1) is 31.1. The van der Waals surface area contributed by atoms with Gasteiger partial charge in [-0.15, -0.1) is 0 Å². The van der Waals surface area contributed by atoms with Gasteiger partial charge >= 0.3 is 7.82 Å². The molecule has 0 amide bonds. The fraction of sp³-hybridized carbons (Fsp3) is 1.00. The van der Waals surface area contributed by atoms with Crippen molar-refractivity contribution in [1.82, 2.24) is 0 Å². The molecule has 15 atom stereocenters. The molecule has 19 heteroatoms. The van der Waals surface area contributed by atoms with E-state index in [1.165, 1.54) is 0 Å². The topological polar surface area (TPSA) is 335 Å². The van der Waals surface area contributed by atoms with Crippen LogP contribution in [0.25, 0.3) is 0 Å². The SMILES string of the molecule is NC[C@H]1O[C@H](O[C@H]2[C@H](O)[C@@H](O[C@H]3O[C@H](CO)[C@@H](O)[C@H](N)[C@H]3OP(=O)(O)O)[C@H](N)C[C@@H]2N)[C@H](N)[C@@H](O)[C@@H]1O. The highest BCUT2D eigenvalue weighted by atomic mass is 31.2.